The number of rotatable bonds is 3. The highest BCUT2D eigenvalue weighted by Gasteiger charge is 2.25. The first kappa shape index (κ1) is 12.9. The molecule has 1 atom stereocenters. The molecule has 3 rings (SSSR count). The van der Waals surface area contributed by atoms with Crippen molar-refractivity contribution in [2.24, 2.45) is 0 Å². The van der Waals surface area contributed by atoms with Gasteiger partial charge in [-0.15, -0.1) is 0 Å². The average Bonchev–Trinajstić information content (AvgIpc) is 2.87. The quantitative estimate of drug-likeness (QED) is 0.870. The molecule has 3 nitrogen and oxygen atoms in total. The van der Waals surface area contributed by atoms with Crippen molar-refractivity contribution < 1.29 is 14.6 Å². The van der Waals surface area contributed by atoms with Crippen molar-refractivity contribution in [3.05, 3.63) is 70.8 Å². The highest BCUT2D eigenvalue weighted by Crippen LogP contribution is 2.33. The third-order valence-corrected chi connectivity index (χ3v) is 3.67. The van der Waals surface area contributed by atoms with Crippen molar-refractivity contribution >= 4 is 5.97 Å². The number of hydrogen-bond donors (Lipinski definition) is 1. The number of ether oxygens (including phenoxy) is 1. The fourth-order valence-corrected chi connectivity index (χ4v) is 2.62. The molecule has 3 heteroatoms. The van der Waals surface area contributed by atoms with Gasteiger partial charge >= 0.3 is 5.97 Å². The summed E-state index contributed by atoms with van der Waals surface area (Å²) in [6.45, 7) is 0.270. The van der Waals surface area contributed by atoms with E-state index in [1.54, 1.807) is 12.1 Å². The lowest BCUT2D eigenvalue weighted by Gasteiger charge is -2.09. The third-order valence-electron chi connectivity index (χ3n) is 3.67. The summed E-state index contributed by atoms with van der Waals surface area (Å²) >= 11 is 0. The lowest BCUT2D eigenvalue weighted by molar-refractivity contribution is 0.0471. The molecule has 0 unspecified atom stereocenters. The zero-order valence-corrected chi connectivity index (χ0v) is 11.1. The Morgan fingerprint density at radius 1 is 1.15 bits per heavy atom. The molecule has 0 bridgehead atoms. The fourth-order valence-electron chi connectivity index (χ4n) is 2.62. The number of esters is 1. The van der Waals surface area contributed by atoms with Crippen molar-refractivity contribution in [1.29, 1.82) is 0 Å². The summed E-state index contributed by atoms with van der Waals surface area (Å²) in [7, 11) is 0. The van der Waals surface area contributed by atoms with Crippen molar-refractivity contribution in [2.45, 2.75) is 25.6 Å². The predicted octanol–water partition coefficient (Wildman–Crippen LogP) is 3.02. The van der Waals surface area contributed by atoms with E-state index < -0.39 is 6.10 Å². The van der Waals surface area contributed by atoms with Crippen LogP contribution in [0.25, 0.3) is 0 Å². The van der Waals surface area contributed by atoms with E-state index >= 15 is 0 Å². The van der Waals surface area contributed by atoms with Crippen LogP contribution >= 0.6 is 0 Å². The van der Waals surface area contributed by atoms with E-state index in [2.05, 4.69) is 0 Å². The van der Waals surface area contributed by atoms with E-state index in [-0.39, 0.29) is 12.6 Å². The lowest BCUT2D eigenvalue weighted by Crippen LogP contribution is -2.08. The van der Waals surface area contributed by atoms with Crippen molar-refractivity contribution in [1.82, 2.24) is 0 Å². The van der Waals surface area contributed by atoms with E-state index in [1.165, 1.54) is 0 Å². The largest absolute Gasteiger partial charge is 0.457 e. The second kappa shape index (κ2) is 5.47. The third kappa shape index (κ3) is 2.45. The molecule has 0 fully saturated rings. The first-order valence-corrected chi connectivity index (χ1v) is 6.76. The van der Waals surface area contributed by atoms with Gasteiger partial charge in [-0.3, -0.25) is 0 Å². The highest BCUT2D eigenvalue weighted by atomic mass is 16.5. The van der Waals surface area contributed by atoms with Gasteiger partial charge in [0, 0.05) is 0 Å². The maximum atomic E-state index is 12.2. The van der Waals surface area contributed by atoms with E-state index in [9.17, 15) is 9.90 Å². The predicted molar refractivity (Wildman–Crippen MR) is 75.3 cm³/mol. The molecule has 0 radical (unpaired) electrons. The molecule has 1 N–H and O–H groups in total. The zero-order valence-electron chi connectivity index (χ0n) is 11.1. The smallest absolute Gasteiger partial charge is 0.338 e. The van der Waals surface area contributed by atoms with Gasteiger partial charge in [0.25, 0.3) is 0 Å². The first-order chi connectivity index (χ1) is 9.75. The van der Waals surface area contributed by atoms with Gasteiger partial charge in [-0.05, 0) is 35.6 Å². The van der Waals surface area contributed by atoms with E-state index in [4.69, 9.17) is 4.74 Å². The molecule has 0 aromatic heterocycles. The summed E-state index contributed by atoms with van der Waals surface area (Å²) in [6.07, 6.45) is 0.956. The SMILES string of the molecule is O=C(OCc1ccccc1)c1cccc2c1CC[C@@H]2O. The summed E-state index contributed by atoms with van der Waals surface area (Å²) in [5.74, 6) is -0.320. The molecule has 102 valence electrons. The number of carbonyl (C=O) groups is 1. The Morgan fingerprint density at radius 2 is 1.95 bits per heavy atom. The van der Waals surface area contributed by atoms with E-state index in [1.807, 2.05) is 36.4 Å². The maximum Gasteiger partial charge on any atom is 0.338 e. The molecule has 0 aliphatic heterocycles. The molecule has 0 heterocycles. The van der Waals surface area contributed by atoms with Crippen LogP contribution in [0, 0.1) is 0 Å². The molecule has 0 saturated carbocycles. The molecular formula is C17H16O3. The van der Waals surface area contributed by atoms with Crippen LogP contribution in [0.5, 0.6) is 0 Å². The second-order valence-corrected chi connectivity index (χ2v) is 4.99. The van der Waals surface area contributed by atoms with Crippen LogP contribution in [-0.2, 0) is 17.8 Å². The number of fused-ring (bicyclic) bond motifs is 1. The Labute approximate surface area is 117 Å². The van der Waals surface area contributed by atoms with E-state index in [0.717, 1.165) is 23.1 Å². The van der Waals surface area contributed by atoms with Crippen LogP contribution in [0.4, 0.5) is 0 Å². The molecule has 2 aromatic carbocycles. The Hall–Kier alpha value is -2.13. The molecule has 20 heavy (non-hydrogen) atoms. The Balaban J connectivity index is 1.75. The molecule has 2 aromatic rings. The fraction of sp³-hybridized carbons (Fsp3) is 0.235. The van der Waals surface area contributed by atoms with Gasteiger partial charge in [0.2, 0.25) is 0 Å². The standard InChI is InChI=1S/C17H16O3/c18-16-10-9-13-14(16)7-4-8-15(13)17(19)20-11-12-5-2-1-3-6-12/h1-8,16,18H,9-11H2/t16-/m0/s1. The summed E-state index contributed by atoms with van der Waals surface area (Å²) in [4.78, 5) is 12.2. The number of hydrogen-bond acceptors (Lipinski definition) is 3. The summed E-state index contributed by atoms with van der Waals surface area (Å²) in [5.41, 5.74) is 3.33. The van der Waals surface area contributed by atoms with Gasteiger partial charge in [-0.1, -0.05) is 42.5 Å². The highest BCUT2D eigenvalue weighted by molar-refractivity contribution is 5.91. The van der Waals surface area contributed by atoms with Crippen LogP contribution in [0.3, 0.4) is 0 Å². The number of benzene rings is 2. The van der Waals surface area contributed by atoms with Gasteiger partial charge in [-0.25, -0.2) is 4.79 Å². The zero-order chi connectivity index (χ0) is 13.9. The van der Waals surface area contributed by atoms with Crippen molar-refractivity contribution in [3.8, 4) is 0 Å². The topological polar surface area (TPSA) is 46.5 Å². The van der Waals surface area contributed by atoms with Crippen LogP contribution in [0.15, 0.2) is 48.5 Å². The summed E-state index contributed by atoms with van der Waals surface area (Å²) in [5, 5.41) is 9.84. The minimum Gasteiger partial charge on any atom is -0.457 e. The minimum atomic E-state index is -0.452. The monoisotopic (exact) mass is 268 g/mol. The van der Waals surface area contributed by atoms with Gasteiger partial charge in [0.15, 0.2) is 0 Å². The minimum absolute atomic E-state index is 0.270. The van der Waals surface area contributed by atoms with Gasteiger partial charge in [0.05, 0.1) is 11.7 Å². The van der Waals surface area contributed by atoms with Crippen LogP contribution in [-0.4, -0.2) is 11.1 Å². The van der Waals surface area contributed by atoms with Crippen LogP contribution in [0.1, 0.15) is 39.6 Å². The molecule has 1 aliphatic carbocycles. The molecule has 0 amide bonds. The Bertz CT molecular complexity index is 619. The summed E-state index contributed by atoms with van der Waals surface area (Å²) < 4.78 is 5.35. The first-order valence-electron chi connectivity index (χ1n) is 6.76. The molecule has 0 spiro atoms. The summed E-state index contributed by atoms with van der Waals surface area (Å²) in [6, 6.07) is 15.0. The van der Waals surface area contributed by atoms with Crippen molar-refractivity contribution in [3.63, 3.8) is 0 Å². The average molecular weight is 268 g/mol. The maximum absolute atomic E-state index is 12.2. The Kier molecular flexibility index (Phi) is 3.52. The van der Waals surface area contributed by atoms with Gasteiger partial charge in [-0.2, -0.15) is 0 Å². The van der Waals surface area contributed by atoms with Crippen LogP contribution < -0.4 is 0 Å². The molecular weight excluding hydrogens is 252 g/mol. The number of carbonyl (C=O) groups excluding carboxylic acids is 1. The van der Waals surface area contributed by atoms with E-state index in [0.29, 0.717) is 12.0 Å². The van der Waals surface area contributed by atoms with Crippen molar-refractivity contribution in [2.75, 3.05) is 0 Å². The van der Waals surface area contributed by atoms with Gasteiger partial charge in [0.1, 0.15) is 6.61 Å². The van der Waals surface area contributed by atoms with Gasteiger partial charge < -0.3 is 9.84 Å². The second-order valence-electron chi connectivity index (χ2n) is 4.99. The van der Waals surface area contributed by atoms with Crippen LogP contribution in [0.2, 0.25) is 0 Å². The lowest BCUT2D eigenvalue weighted by atomic mass is 10.0. The normalized spacial score (nSPS) is 16.8. The molecule has 0 saturated heterocycles. The molecule has 1 aliphatic rings. The number of aliphatic hydroxyl groups is 1. The Morgan fingerprint density at radius 3 is 2.75 bits per heavy atom. The number of aliphatic hydroxyl groups excluding tert-OH is 1.